The molecule has 0 atom stereocenters. The molecule has 1 aromatic rings. The number of carbonyl (C=O) groups is 1. The van der Waals surface area contributed by atoms with E-state index in [1.165, 1.54) is 4.90 Å². The Labute approximate surface area is 93.1 Å². The highest BCUT2D eigenvalue weighted by molar-refractivity contribution is 7.99. The molecule has 1 aliphatic heterocycles. The Morgan fingerprint density at radius 2 is 2.40 bits per heavy atom. The number of fused-ring (bicyclic) bond motifs is 1. The van der Waals surface area contributed by atoms with Crippen molar-refractivity contribution in [3.63, 3.8) is 0 Å². The summed E-state index contributed by atoms with van der Waals surface area (Å²) in [5, 5.41) is 8.92. The normalized spacial score (nSPS) is 14.9. The van der Waals surface area contributed by atoms with Gasteiger partial charge in [-0.3, -0.25) is 0 Å². The summed E-state index contributed by atoms with van der Waals surface area (Å²) in [6.07, 6.45) is 0. The van der Waals surface area contributed by atoms with E-state index in [1.54, 1.807) is 23.9 Å². The third kappa shape index (κ3) is 1.95. The minimum absolute atomic E-state index is 0.370. The minimum Gasteiger partial charge on any atom is -0.478 e. The van der Waals surface area contributed by atoms with Crippen LogP contribution in [0.15, 0.2) is 23.1 Å². The molecule has 2 rings (SSSR count). The lowest BCUT2D eigenvalue weighted by Crippen LogP contribution is -2.28. The van der Waals surface area contributed by atoms with Crippen LogP contribution in [-0.2, 0) is 0 Å². The van der Waals surface area contributed by atoms with Crippen molar-refractivity contribution < 1.29 is 9.90 Å². The molecule has 0 saturated carbocycles. The average molecular weight is 223 g/mol. The summed E-state index contributed by atoms with van der Waals surface area (Å²) >= 11 is 1.79. The molecule has 0 radical (unpaired) electrons. The lowest BCUT2D eigenvalue weighted by Gasteiger charge is -2.29. The predicted octanol–water partition coefficient (Wildman–Crippen LogP) is 2.32. The van der Waals surface area contributed by atoms with Crippen molar-refractivity contribution >= 4 is 23.4 Å². The molecule has 0 unspecified atom stereocenters. The molecule has 15 heavy (non-hydrogen) atoms. The van der Waals surface area contributed by atoms with E-state index in [9.17, 15) is 4.79 Å². The van der Waals surface area contributed by atoms with Crippen LogP contribution in [0.4, 0.5) is 5.69 Å². The number of hydrogen-bond acceptors (Lipinski definition) is 3. The van der Waals surface area contributed by atoms with Gasteiger partial charge in [-0.15, -0.1) is 11.8 Å². The average Bonchev–Trinajstić information content (AvgIpc) is 2.27. The van der Waals surface area contributed by atoms with E-state index >= 15 is 0 Å². The number of aromatic carboxylic acids is 1. The van der Waals surface area contributed by atoms with Crippen LogP contribution in [-0.4, -0.2) is 29.9 Å². The molecule has 0 bridgehead atoms. The number of anilines is 1. The molecule has 1 N–H and O–H groups in total. The minimum atomic E-state index is -0.857. The highest BCUT2D eigenvalue weighted by atomic mass is 32.2. The summed E-state index contributed by atoms with van der Waals surface area (Å²) in [5.74, 6) is 0.220. The van der Waals surface area contributed by atoms with Crippen LogP contribution >= 0.6 is 11.8 Å². The number of benzene rings is 1. The van der Waals surface area contributed by atoms with E-state index in [2.05, 4.69) is 11.8 Å². The Bertz CT molecular complexity index is 392. The number of hydrogen-bond donors (Lipinski definition) is 1. The van der Waals surface area contributed by atoms with E-state index < -0.39 is 5.97 Å². The number of rotatable bonds is 2. The van der Waals surface area contributed by atoms with Crippen molar-refractivity contribution in [2.45, 2.75) is 11.8 Å². The fraction of sp³-hybridized carbons (Fsp3) is 0.364. The first-order valence-electron chi connectivity index (χ1n) is 4.97. The molecular formula is C11H13NO2S. The molecule has 0 saturated heterocycles. The second-order valence-corrected chi connectivity index (χ2v) is 4.55. The van der Waals surface area contributed by atoms with Crippen LogP contribution in [0, 0.1) is 0 Å². The summed E-state index contributed by atoms with van der Waals surface area (Å²) in [6.45, 7) is 4.01. The van der Waals surface area contributed by atoms with Gasteiger partial charge in [-0.1, -0.05) is 0 Å². The number of carboxylic acid groups (broad SMARTS) is 1. The summed E-state index contributed by atoms with van der Waals surface area (Å²) in [7, 11) is 0. The maximum absolute atomic E-state index is 10.9. The molecule has 0 amide bonds. The standard InChI is InChI=1S/C11H13NO2S/c1-2-12-5-6-15-10-4-3-8(11(13)14)7-9(10)12/h3-4,7H,2,5-6H2,1H3,(H,13,14). The maximum Gasteiger partial charge on any atom is 0.335 e. The van der Waals surface area contributed by atoms with Crippen LogP contribution < -0.4 is 4.90 Å². The SMILES string of the molecule is CCN1CCSc2ccc(C(=O)O)cc21. The van der Waals surface area contributed by atoms with Gasteiger partial charge in [0, 0.05) is 23.7 Å². The van der Waals surface area contributed by atoms with Gasteiger partial charge in [0.05, 0.1) is 11.3 Å². The summed E-state index contributed by atoms with van der Waals surface area (Å²) in [6, 6.07) is 5.35. The number of nitrogens with zero attached hydrogens (tertiary/aromatic N) is 1. The van der Waals surface area contributed by atoms with E-state index in [-0.39, 0.29) is 0 Å². The number of carboxylic acids is 1. The van der Waals surface area contributed by atoms with E-state index in [1.807, 2.05) is 6.07 Å². The van der Waals surface area contributed by atoms with E-state index in [0.717, 1.165) is 24.5 Å². The van der Waals surface area contributed by atoms with Gasteiger partial charge >= 0.3 is 5.97 Å². The van der Waals surface area contributed by atoms with Crippen LogP contribution in [0.2, 0.25) is 0 Å². The van der Waals surface area contributed by atoms with Gasteiger partial charge in [0.1, 0.15) is 0 Å². The van der Waals surface area contributed by atoms with Crippen molar-refractivity contribution in [2.24, 2.45) is 0 Å². The van der Waals surface area contributed by atoms with Crippen molar-refractivity contribution in [1.29, 1.82) is 0 Å². The first kappa shape index (κ1) is 10.4. The van der Waals surface area contributed by atoms with Gasteiger partial charge in [-0.2, -0.15) is 0 Å². The summed E-state index contributed by atoms with van der Waals surface area (Å²) in [5.41, 5.74) is 1.43. The second kappa shape index (κ2) is 4.14. The van der Waals surface area contributed by atoms with E-state index in [4.69, 9.17) is 5.11 Å². The van der Waals surface area contributed by atoms with Crippen LogP contribution in [0.3, 0.4) is 0 Å². The molecule has 0 spiro atoms. The third-order valence-electron chi connectivity index (χ3n) is 2.55. The highest BCUT2D eigenvalue weighted by Crippen LogP contribution is 2.35. The molecule has 4 heteroatoms. The first-order chi connectivity index (χ1) is 7.22. The molecule has 1 aromatic carbocycles. The third-order valence-corrected chi connectivity index (χ3v) is 3.59. The summed E-state index contributed by atoms with van der Waals surface area (Å²) < 4.78 is 0. The monoisotopic (exact) mass is 223 g/mol. The Balaban J connectivity index is 2.43. The van der Waals surface area contributed by atoms with Gasteiger partial charge in [-0.05, 0) is 25.1 Å². The first-order valence-corrected chi connectivity index (χ1v) is 5.96. The van der Waals surface area contributed by atoms with E-state index in [0.29, 0.717) is 5.56 Å². The van der Waals surface area contributed by atoms with Gasteiger partial charge in [-0.25, -0.2) is 4.79 Å². The largest absolute Gasteiger partial charge is 0.478 e. The maximum atomic E-state index is 10.9. The molecule has 3 nitrogen and oxygen atoms in total. The smallest absolute Gasteiger partial charge is 0.335 e. The molecule has 80 valence electrons. The van der Waals surface area contributed by atoms with Crippen LogP contribution in [0.5, 0.6) is 0 Å². The van der Waals surface area contributed by atoms with Gasteiger partial charge < -0.3 is 10.0 Å². The zero-order chi connectivity index (χ0) is 10.8. The Hall–Kier alpha value is -1.16. The molecule has 1 heterocycles. The van der Waals surface area contributed by atoms with Crippen molar-refractivity contribution in [1.82, 2.24) is 0 Å². The van der Waals surface area contributed by atoms with Gasteiger partial charge in [0.25, 0.3) is 0 Å². The van der Waals surface area contributed by atoms with Gasteiger partial charge in [0.15, 0.2) is 0 Å². The fourth-order valence-corrected chi connectivity index (χ4v) is 2.77. The van der Waals surface area contributed by atoms with Crippen molar-refractivity contribution in [3.05, 3.63) is 23.8 Å². The number of thioether (sulfide) groups is 1. The van der Waals surface area contributed by atoms with Crippen molar-refractivity contribution in [2.75, 3.05) is 23.7 Å². The molecular weight excluding hydrogens is 210 g/mol. The molecule has 0 fully saturated rings. The highest BCUT2D eigenvalue weighted by Gasteiger charge is 2.17. The quantitative estimate of drug-likeness (QED) is 0.835. The zero-order valence-corrected chi connectivity index (χ0v) is 9.38. The fourth-order valence-electron chi connectivity index (χ4n) is 1.73. The topological polar surface area (TPSA) is 40.5 Å². The van der Waals surface area contributed by atoms with Crippen LogP contribution in [0.25, 0.3) is 0 Å². The summed E-state index contributed by atoms with van der Waals surface area (Å²) in [4.78, 5) is 14.3. The van der Waals surface area contributed by atoms with Crippen LogP contribution in [0.1, 0.15) is 17.3 Å². The molecule has 0 aliphatic carbocycles. The molecule has 0 aromatic heterocycles. The molecule has 1 aliphatic rings. The predicted molar refractivity (Wildman–Crippen MR) is 62.0 cm³/mol. The Morgan fingerprint density at radius 3 is 3.07 bits per heavy atom. The zero-order valence-electron chi connectivity index (χ0n) is 8.56. The lowest BCUT2D eigenvalue weighted by molar-refractivity contribution is 0.0697. The Morgan fingerprint density at radius 1 is 1.60 bits per heavy atom. The van der Waals surface area contributed by atoms with Gasteiger partial charge in [0.2, 0.25) is 0 Å². The Kier molecular flexibility index (Phi) is 2.86. The second-order valence-electron chi connectivity index (χ2n) is 3.42. The van der Waals surface area contributed by atoms with Crippen molar-refractivity contribution in [3.8, 4) is 0 Å². The lowest BCUT2D eigenvalue weighted by atomic mass is 10.2.